The Balaban J connectivity index is 2.58. The van der Waals surface area contributed by atoms with Gasteiger partial charge >= 0.3 is 0 Å². The molecule has 0 amide bonds. The van der Waals surface area contributed by atoms with Gasteiger partial charge in [-0.25, -0.2) is 0 Å². The summed E-state index contributed by atoms with van der Waals surface area (Å²) in [7, 11) is 0. The summed E-state index contributed by atoms with van der Waals surface area (Å²) in [4.78, 5) is 13.4. The topological polar surface area (TPSA) is 58.9 Å². The molecule has 0 radical (unpaired) electrons. The Morgan fingerprint density at radius 1 is 1.27 bits per heavy atom. The van der Waals surface area contributed by atoms with E-state index in [1.165, 1.54) is 0 Å². The Morgan fingerprint density at radius 2 is 1.93 bits per heavy atom. The molecule has 0 aliphatic heterocycles. The molecule has 4 heteroatoms. The highest BCUT2D eigenvalue weighted by atomic mass is 16.6. The lowest BCUT2D eigenvalue weighted by molar-refractivity contribution is -0.384. The zero-order chi connectivity index (χ0) is 10.8. The largest absolute Gasteiger partial charge is 0.353 e. The van der Waals surface area contributed by atoms with Crippen LogP contribution >= 0.6 is 0 Å². The molecule has 1 aromatic heterocycles. The number of aromatic amines is 1. The van der Waals surface area contributed by atoms with E-state index in [4.69, 9.17) is 0 Å². The molecule has 76 valence electrons. The van der Waals surface area contributed by atoms with E-state index in [0.717, 1.165) is 11.3 Å². The predicted octanol–water partition coefficient (Wildman–Crippen LogP) is 2.90. The van der Waals surface area contributed by atoms with Gasteiger partial charge in [0, 0.05) is 17.3 Å². The van der Waals surface area contributed by atoms with Crippen molar-refractivity contribution < 1.29 is 4.92 Å². The van der Waals surface area contributed by atoms with Crippen LogP contribution < -0.4 is 0 Å². The lowest BCUT2D eigenvalue weighted by Gasteiger charge is -1.96. The molecule has 0 aliphatic rings. The van der Waals surface area contributed by atoms with Gasteiger partial charge in [-0.3, -0.25) is 10.1 Å². The van der Waals surface area contributed by atoms with Crippen LogP contribution in [0, 0.1) is 17.0 Å². The van der Waals surface area contributed by atoms with Gasteiger partial charge in [0.25, 0.3) is 5.69 Å². The Bertz CT molecular complexity index is 489. The average molecular weight is 202 g/mol. The van der Waals surface area contributed by atoms with Gasteiger partial charge in [0.2, 0.25) is 0 Å². The standard InChI is InChI=1S/C11H10N2O2/c1-8-7-10(13(14)15)11(12-8)9-5-3-2-4-6-9/h2-7,12H,1H3. The molecule has 0 bridgehead atoms. The molecular weight excluding hydrogens is 192 g/mol. The van der Waals surface area contributed by atoms with E-state index < -0.39 is 0 Å². The maximum Gasteiger partial charge on any atom is 0.295 e. The lowest BCUT2D eigenvalue weighted by atomic mass is 10.1. The van der Waals surface area contributed by atoms with Gasteiger partial charge in [-0.1, -0.05) is 30.3 Å². The van der Waals surface area contributed by atoms with Crippen molar-refractivity contribution in [3.63, 3.8) is 0 Å². The Hall–Kier alpha value is -2.10. The van der Waals surface area contributed by atoms with Crippen LogP contribution in [0.15, 0.2) is 36.4 Å². The van der Waals surface area contributed by atoms with Crippen molar-refractivity contribution in [1.29, 1.82) is 0 Å². The summed E-state index contributed by atoms with van der Waals surface area (Å²) < 4.78 is 0. The zero-order valence-electron chi connectivity index (χ0n) is 8.23. The minimum atomic E-state index is -0.369. The van der Waals surface area contributed by atoms with Crippen LogP contribution in [0.1, 0.15) is 5.69 Å². The first-order valence-electron chi connectivity index (χ1n) is 4.58. The second-order valence-electron chi connectivity index (χ2n) is 3.34. The summed E-state index contributed by atoms with van der Waals surface area (Å²) in [5, 5.41) is 10.8. The molecule has 0 aliphatic carbocycles. The molecule has 2 rings (SSSR count). The van der Waals surface area contributed by atoms with Crippen molar-refractivity contribution in [1.82, 2.24) is 4.98 Å². The molecule has 1 heterocycles. The lowest BCUT2D eigenvalue weighted by Crippen LogP contribution is -1.88. The van der Waals surface area contributed by atoms with Gasteiger partial charge in [-0.2, -0.15) is 0 Å². The number of nitrogens with one attached hydrogen (secondary N) is 1. The van der Waals surface area contributed by atoms with E-state index in [1.807, 2.05) is 30.3 Å². The van der Waals surface area contributed by atoms with Gasteiger partial charge in [0.15, 0.2) is 0 Å². The number of hydrogen-bond acceptors (Lipinski definition) is 2. The third-order valence-corrected chi connectivity index (χ3v) is 2.19. The van der Waals surface area contributed by atoms with Crippen LogP contribution in [0.2, 0.25) is 0 Å². The van der Waals surface area contributed by atoms with Crippen molar-refractivity contribution in [3.8, 4) is 11.3 Å². The Labute approximate surface area is 86.7 Å². The molecule has 0 saturated carbocycles. The molecule has 1 aromatic carbocycles. The first kappa shape index (κ1) is 9.45. The van der Waals surface area contributed by atoms with Crippen LogP contribution in [0.5, 0.6) is 0 Å². The monoisotopic (exact) mass is 202 g/mol. The fraction of sp³-hybridized carbons (Fsp3) is 0.0909. The Morgan fingerprint density at radius 3 is 2.53 bits per heavy atom. The van der Waals surface area contributed by atoms with Gasteiger partial charge < -0.3 is 4.98 Å². The minimum absolute atomic E-state index is 0.124. The zero-order valence-corrected chi connectivity index (χ0v) is 8.23. The molecule has 0 spiro atoms. The molecule has 0 atom stereocenters. The highest BCUT2D eigenvalue weighted by molar-refractivity contribution is 5.70. The van der Waals surface area contributed by atoms with Gasteiger partial charge in [-0.15, -0.1) is 0 Å². The summed E-state index contributed by atoms with van der Waals surface area (Å²) in [6.45, 7) is 1.80. The van der Waals surface area contributed by atoms with Crippen molar-refractivity contribution >= 4 is 5.69 Å². The molecule has 4 nitrogen and oxygen atoms in total. The quantitative estimate of drug-likeness (QED) is 0.601. The number of aryl methyl sites for hydroxylation is 1. The van der Waals surface area contributed by atoms with Gasteiger partial charge in [0.1, 0.15) is 5.69 Å². The molecule has 2 aromatic rings. The second kappa shape index (κ2) is 3.57. The summed E-state index contributed by atoms with van der Waals surface area (Å²) in [6, 6.07) is 10.8. The molecule has 0 saturated heterocycles. The number of H-pyrrole nitrogens is 1. The van der Waals surface area contributed by atoms with Crippen LogP contribution in [0.25, 0.3) is 11.3 Å². The molecule has 0 fully saturated rings. The fourth-order valence-electron chi connectivity index (χ4n) is 1.54. The maximum atomic E-state index is 10.8. The molecule has 0 unspecified atom stereocenters. The number of hydrogen-bond donors (Lipinski definition) is 1. The number of nitro groups is 1. The summed E-state index contributed by atoms with van der Waals surface area (Å²) in [6.07, 6.45) is 0. The van der Waals surface area contributed by atoms with E-state index in [9.17, 15) is 10.1 Å². The number of benzene rings is 1. The van der Waals surface area contributed by atoms with Crippen LogP contribution in [-0.4, -0.2) is 9.91 Å². The smallest absolute Gasteiger partial charge is 0.295 e. The third-order valence-electron chi connectivity index (χ3n) is 2.19. The van der Waals surface area contributed by atoms with Crippen molar-refractivity contribution in [3.05, 3.63) is 52.2 Å². The van der Waals surface area contributed by atoms with Crippen LogP contribution in [0.3, 0.4) is 0 Å². The van der Waals surface area contributed by atoms with Crippen LogP contribution in [-0.2, 0) is 0 Å². The van der Waals surface area contributed by atoms with Crippen LogP contribution in [0.4, 0.5) is 5.69 Å². The number of nitrogens with zero attached hydrogens (tertiary/aromatic N) is 1. The van der Waals surface area contributed by atoms with Gasteiger partial charge in [-0.05, 0) is 6.92 Å². The van der Waals surface area contributed by atoms with Crippen molar-refractivity contribution in [2.75, 3.05) is 0 Å². The summed E-state index contributed by atoms with van der Waals surface area (Å²) in [5.41, 5.74) is 2.31. The highest BCUT2D eigenvalue weighted by Crippen LogP contribution is 2.29. The SMILES string of the molecule is Cc1cc([N+](=O)[O-])c(-c2ccccc2)[nH]1. The van der Waals surface area contributed by atoms with E-state index in [-0.39, 0.29) is 10.6 Å². The minimum Gasteiger partial charge on any atom is -0.353 e. The van der Waals surface area contributed by atoms with E-state index in [0.29, 0.717) is 5.69 Å². The average Bonchev–Trinajstić information content (AvgIpc) is 2.62. The van der Waals surface area contributed by atoms with Crippen molar-refractivity contribution in [2.45, 2.75) is 6.92 Å². The summed E-state index contributed by atoms with van der Waals surface area (Å²) in [5.74, 6) is 0. The first-order chi connectivity index (χ1) is 7.18. The number of aromatic nitrogens is 1. The van der Waals surface area contributed by atoms with Gasteiger partial charge in [0.05, 0.1) is 4.92 Å². The maximum absolute atomic E-state index is 10.8. The highest BCUT2D eigenvalue weighted by Gasteiger charge is 2.17. The first-order valence-corrected chi connectivity index (χ1v) is 4.58. The van der Waals surface area contributed by atoms with E-state index in [1.54, 1.807) is 13.0 Å². The molecule has 1 N–H and O–H groups in total. The normalized spacial score (nSPS) is 10.2. The second-order valence-corrected chi connectivity index (χ2v) is 3.34. The Kier molecular flexibility index (Phi) is 2.25. The molecule has 15 heavy (non-hydrogen) atoms. The van der Waals surface area contributed by atoms with E-state index in [2.05, 4.69) is 4.98 Å². The number of rotatable bonds is 2. The molecular formula is C11H10N2O2. The third kappa shape index (κ3) is 1.74. The fourth-order valence-corrected chi connectivity index (χ4v) is 1.54. The predicted molar refractivity (Wildman–Crippen MR) is 57.6 cm³/mol. The van der Waals surface area contributed by atoms with Crippen molar-refractivity contribution in [2.24, 2.45) is 0 Å². The summed E-state index contributed by atoms with van der Waals surface area (Å²) >= 11 is 0. The van der Waals surface area contributed by atoms with E-state index >= 15 is 0 Å².